The standard InChI is InChI=1S/C27H20N2O4/c30-25(14-15-29-26(31)22-9-2-3-10-23(22)27(29)32)19-7-5-8-21(16-19)33-17-20-13-12-18-6-1-4-11-24(18)28-20/h1-13,16H,14-15,17H2. The first-order chi connectivity index (χ1) is 16.1. The quantitative estimate of drug-likeness (QED) is 0.311. The number of imide groups is 1. The molecule has 2 heterocycles. The Bertz CT molecular complexity index is 1360. The van der Waals surface area contributed by atoms with Crippen molar-refractivity contribution < 1.29 is 19.1 Å². The number of Topliss-reactive ketones (excluding diaryl/α,β-unsaturated/α-hetero) is 1. The van der Waals surface area contributed by atoms with Gasteiger partial charge in [0.05, 0.1) is 22.3 Å². The summed E-state index contributed by atoms with van der Waals surface area (Å²) < 4.78 is 5.85. The summed E-state index contributed by atoms with van der Waals surface area (Å²) in [5, 5.41) is 1.06. The van der Waals surface area contributed by atoms with Gasteiger partial charge in [-0.25, -0.2) is 4.98 Å². The number of nitrogens with zero attached hydrogens (tertiary/aromatic N) is 2. The Morgan fingerprint density at radius 1 is 0.818 bits per heavy atom. The Morgan fingerprint density at radius 2 is 1.55 bits per heavy atom. The van der Waals surface area contributed by atoms with Crippen LogP contribution in [0, 0.1) is 0 Å². The number of carbonyl (C=O) groups excluding carboxylic acids is 3. The summed E-state index contributed by atoms with van der Waals surface area (Å²) >= 11 is 0. The van der Waals surface area contributed by atoms with Gasteiger partial charge in [0, 0.05) is 23.9 Å². The van der Waals surface area contributed by atoms with Gasteiger partial charge in [-0.1, -0.05) is 48.5 Å². The SMILES string of the molecule is O=C(CCN1C(=O)c2ccccc2C1=O)c1cccc(OCc2ccc3ccccc3n2)c1. The second kappa shape index (κ2) is 8.67. The maximum Gasteiger partial charge on any atom is 0.261 e. The Labute approximate surface area is 190 Å². The van der Waals surface area contributed by atoms with Crippen LogP contribution in [0.25, 0.3) is 10.9 Å². The van der Waals surface area contributed by atoms with Crippen molar-refractivity contribution in [3.63, 3.8) is 0 Å². The highest BCUT2D eigenvalue weighted by Gasteiger charge is 2.35. The van der Waals surface area contributed by atoms with E-state index >= 15 is 0 Å². The molecule has 0 saturated carbocycles. The van der Waals surface area contributed by atoms with E-state index in [-0.39, 0.29) is 37.2 Å². The van der Waals surface area contributed by atoms with E-state index in [1.807, 2.05) is 36.4 Å². The summed E-state index contributed by atoms with van der Waals surface area (Å²) in [5.74, 6) is -0.330. The van der Waals surface area contributed by atoms with Gasteiger partial charge < -0.3 is 4.74 Å². The lowest BCUT2D eigenvalue weighted by Gasteiger charge is -2.13. The van der Waals surface area contributed by atoms with Crippen LogP contribution in [0.1, 0.15) is 43.2 Å². The molecular formula is C27H20N2O4. The largest absolute Gasteiger partial charge is 0.487 e. The van der Waals surface area contributed by atoms with Gasteiger partial charge in [0.25, 0.3) is 11.8 Å². The van der Waals surface area contributed by atoms with Crippen LogP contribution in [-0.2, 0) is 6.61 Å². The van der Waals surface area contributed by atoms with Crippen LogP contribution >= 0.6 is 0 Å². The summed E-state index contributed by atoms with van der Waals surface area (Å²) in [5.41, 5.74) is 2.92. The number of pyridine rings is 1. The van der Waals surface area contributed by atoms with E-state index in [1.165, 1.54) is 0 Å². The van der Waals surface area contributed by atoms with Crippen LogP contribution in [0.2, 0.25) is 0 Å². The normalized spacial score (nSPS) is 12.8. The molecule has 33 heavy (non-hydrogen) atoms. The summed E-state index contributed by atoms with van der Waals surface area (Å²) in [6, 6.07) is 25.4. The molecule has 0 N–H and O–H groups in total. The van der Waals surface area contributed by atoms with Crippen LogP contribution in [-0.4, -0.2) is 34.0 Å². The lowest BCUT2D eigenvalue weighted by Crippen LogP contribution is -2.31. The van der Waals surface area contributed by atoms with Gasteiger partial charge in [-0.2, -0.15) is 0 Å². The summed E-state index contributed by atoms with van der Waals surface area (Å²) in [7, 11) is 0. The number of hydrogen-bond donors (Lipinski definition) is 0. The Balaban J connectivity index is 1.22. The van der Waals surface area contributed by atoms with Gasteiger partial charge in [-0.05, 0) is 36.4 Å². The molecule has 1 aliphatic rings. The number of rotatable bonds is 7. The van der Waals surface area contributed by atoms with Crippen molar-refractivity contribution in [1.82, 2.24) is 9.88 Å². The van der Waals surface area contributed by atoms with Gasteiger partial charge in [-0.3, -0.25) is 19.3 Å². The van der Waals surface area contributed by atoms with E-state index in [2.05, 4.69) is 4.98 Å². The molecule has 0 spiro atoms. The fourth-order valence-corrected chi connectivity index (χ4v) is 3.91. The van der Waals surface area contributed by atoms with Crippen LogP contribution in [0.5, 0.6) is 5.75 Å². The number of aromatic nitrogens is 1. The minimum Gasteiger partial charge on any atom is -0.487 e. The third-order valence-corrected chi connectivity index (χ3v) is 5.64. The average Bonchev–Trinajstić information content (AvgIpc) is 3.10. The molecule has 0 unspecified atom stereocenters. The molecule has 0 fully saturated rings. The number of fused-ring (bicyclic) bond motifs is 2. The molecular weight excluding hydrogens is 416 g/mol. The zero-order valence-corrected chi connectivity index (χ0v) is 17.7. The molecule has 0 saturated heterocycles. The number of para-hydroxylation sites is 1. The van der Waals surface area contributed by atoms with Crippen LogP contribution in [0.4, 0.5) is 0 Å². The van der Waals surface area contributed by atoms with Gasteiger partial charge in [0.2, 0.25) is 0 Å². The number of amides is 2. The van der Waals surface area contributed by atoms with Crippen molar-refractivity contribution in [1.29, 1.82) is 0 Å². The van der Waals surface area contributed by atoms with Crippen molar-refractivity contribution in [3.05, 3.63) is 107 Å². The first kappa shape index (κ1) is 20.6. The van der Waals surface area contributed by atoms with Crippen LogP contribution in [0.3, 0.4) is 0 Å². The lowest BCUT2D eigenvalue weighted by molar-refractivity contribution is 0.0649. The zero-order chi connectivity index (χ0) is 22.8. The molecule has 4 aromatic rings. The molecule has 3 aromatic carbocycles. The second-order valence-corrected chi connectivity index (χ2v) is 7.79. The van der Waals surface area contributed by atoms with Crippen LogP contribution in [0.15, 0.2) is 84.9 Å². The molecule has 0 atom stereocenters. The molecule has 1 aromatic heterocycles. The van der Waals surface area contributed by atoms with Crippen molar-refractivity contribution in [2.45, 2.75) is 13.0 Å². The molecule has 5 rings (SSSR count). The first-order valence-corrected chi connectivity index (χ1v) is 10.7. The van der Waals surface area contributed by atoms with Crippen molar-refractivity contribution >= 4 is 28.5 Å². The second-order valence-electron chi connectivity index (χ2n) is 7.79. The monoisotopic (exact) mass is 436 g/mol. The van der Waals surface area contributed by atoms with Gasteiger partial charge >= 0.3 is 0 Å². The smallest absolute Gasteiger partial charge is 0.261 e. The molecule has 0 radical (unpaired) electrons. The van der Waals surface area contributed by atoms with Crippen molar-refractivity contribution in [3.8, 4) is 5.75 Å². The first-order valence-electron chi connectivity index (χ1n) is 10.7. The number of benzene rings is 3. The highest BCUT2D eigenvalue weighted by atomic mass is 16.5. The number of carbonyl (C=O) groups is 3. The summed E-state index contributed by atoms with van der Waals surface area (Å²) in [6.45, 7) is 0.314. The average molecular weight is 436 g/mol. The number of hydrogen-bond acceptors (Lipinski definition) is 5. The lowest BCUT2D eigenvalue weighted by atomic mass is 10.1. The van der Waals surface area contributed by atoms with E-state index in [4.69, 9.17) is 4.74 Å². The van der Waals surface area contributed by atoms with Crippen molar-refractivity contribution in [2.75, 3.05) is 6.54 Å². The zero-order valence-electron chi connectivity index (χ0n) is 17.7. The van der Waals surface area contributed by atoms with E-state index in [9.17, 15) is 14.4 Å². The van der Waals surface area contributed by atoms with Gasteiger partial charge in [0.15, 0.2) is 5.78 Å². The predicted molar refractivity (Wildman–Crippen MR) is 123 cm³/mol. The van der Waals surface area contributed by atoms with Gasteiger partial charge in [0.1, 0.15) is 12.4 Å². The van der Waals surface area contributed by atoms with E-state index in [0.717, 1.165) is 21.5 Å². The van der Waals surface area contributed by atoms with Crippen LogP contribution < -0.4 is 4.74 Å². The van der Waals surface area contributed by atoms with E-state index < -0.39 is 0 Å². The fourth-order valence-electron chi connectivity index (χ4n) is 3.91. The molecule has 2 amide bonds. The third kappa shape index (κ3) is 4.11. The third-order valence-electron chi connectivity index (χ3n) is 5.64. The minimum atomic E-state index is -0.358. The Hall–Kier alpha value is -4.32. The predicted octanol–water partition coefficient (Wildman–Crippen LogP) is 4.68. The highest BCUT2D eigenvalue weighted by molar-refractivity contribution is 6.21. The maximum absolute atomic E-state index is 12.7. The maximum atomic E-state index is 12.7. The Morgan fingerprint density at radius 3 is 2.33 bits per heavy atom. The molecule has 162 valence electrons. The van der Waals surface area contributed by atoms with E-state index in [0.29, 0.717) is 22.4 Å². The fraction of sp³-hybridized carbons (Fsp3) is 0.111. The summed E-state index contributed by atoms with van der Waals surface area (Å²) in [6.07, 6.45) is 0.0428. The molecule has 6 heteroatoms. The molecule has 0 aliphatic carbocycles. The van der Waals surface area contributed by atoms with Crippen molar-refractivity contribution in [2.24, 2.45) is 0 Å². The number of ketones is 1. The van der Waals surface area contributed by atoms with E-state index in [1.54, 1.807) is 48.5 Å². The highest BCUT2D eigenvalue weighted by Crippen LogP contribution is 2.23. The molecule has 6 nitrogen and oxygen atoms in total. The topological polar surface area (TPSA) is 76.6 Å². The summed E-state index contributed by atoms with van der Waals surface area (Å²) in [4.78, 5) is 43.4. The van der Waals surface area contributed by atoms with Gasteiger partial charge in [-0.15, -0.1) is 0 Å². The minimum absolute atomic E-state index is 0.0390. The molecule has 1 aliphatic heterocycles. The molecule has 0 bridgehead atoms. The Kier molecular flexibility index (Phi) is 5.40. The number of ether oxygens (including phenoxy) is 1.